The zero-order chi connectivity index (χ0) is 17.2. The van der Waals surface area contributed by atoms with Crippen molar-refractivity contribution in [2.45, 2.75) is 24.4 Å². The van der Waals surface area contributed by atoms with Crippen LogP contribution in [-0.2, 0) is 12.3 Å². The van der Waals surface area contributed by atoms with Gasteiger partial charge in [-0.3, -0.25) is 10.1 Å². The number of rotatable bonds is 5. The zero-order valence-electron chi connectivity index (χ0n) is 13.5. The number of aromatic amines is 1. The molecule has 0 saturated heterocycles. The minimum Gasteiger partial charge on any atom is -0.328 e. The van der Waals surface area contributed by atoms with Gasteiger partial charge in [-0.2, -0.15) is 4.98 Å². The number of H-pyrrole nitrogens is 1. The maximum atomic E-state index is 13.4. The number of hydrogen-bond donors (Lipinski definition) is 1. The number of fused-ring (bicyclic) bond motifs is 1. The Hall–Kier alpha value is -2.74. The van der Waals surface area contributed by atoms with Crippen molar-refractivity contribution in [3.8, 4) is 11.5 Å². The van der Waals surface area contributed by atoms with E-state index in [1.165, 1.54) is 23.9 Å². The van der Waals surface area contributed by atoms with Crippen molar-refractivity contribution in [3.05, 3.63) is 54.2 Å². The molecule has 0 spiro atoms. The third kappa shape index (κ3) is 3.12. The number of nitrogens with zero attached hydrogens (tertiary/aromatic N) is 5. The number of nitrogens with one attached hydrogen (secondary N) is 1. The lowest BCUT2D eigenvalue weighted by Gasteiger charge is -2.04. The molecule has 4 rings (SSSR count). The molecule has 1 aromatic carbocycles. The molecule has 8 heteroatoms. The molecule has 3 aromatic heterocycles. The maximum Gasteiger partial charge on any atom is 0.209 e. The van der Waals surface area contributed by atoms with Crippen LogP contribution < -0.4 is 0 Å². The number of imidazole rings is 1. The second-order valence-electron chi connectivity index (χ2n) is 5.38. The van der Waals surface area contributed by atoms with E-state index in [-0.39, 0.29) is 5.82 Å². The highest BCUT2D eigenvalue weighted by Gasteiger charge is 2.13. The van der Waals surface area contributed by atoms with Gasteiger partial charge in [0.2, 0.25) is 5.16 Å². The zero-order valence-corrected chi connectivity index (χ0v) is 14.3. The maximum absolute atomic E-state index is 13.4. The summed E-state index contributed by atoms with van der Waals surface area (Å²) in [7, 11) is 0. The van der Waals surface area contributed by atoms with Crippen LogP contribution >= 0.6 is 11.8 Å². The Morgan fingerprint density at radius 1 is 1.20 bits per heavy atom. The Balaban J connectivity index is 1.56. The summed E-state index contributed by atoms with van der Waals surface area (Å²) in [6, 6.07) is 10.3. The van der Waals surface area contributed by atoms with Crippen molar-refractivity contribution in [1.29, 1.82) is 0 Å². The van der Waals surface area contributed by atoms with Gasteiger partial charge in [0.15, 0.2) is 5.82 Å². The summed E-state index contributed by atoms with van der Waals surface area (Å²) in [5.41, 5.74) is 2.35. The highest BCUT2D eigenvalue weighted by Crippen LogP contribution is 2.24. The van der Waals surface area contributed by atoms with E-state index in [1.807, 2.05) is 25.1 Å². The van der Waals surface area contributed by atoms with Crippen LogP contribution in [0.2, 0.25) is 0 Å². The molecule has 1 N–H and O–H groups in total. The summed E-state index contributed by atoms with van der Waals surface area (Å²) < 4.78 is 15.5. The SMILES string of the molecule is CCn1c(CSc2n[nH]c(-c3ccccn3)n2)nc2cc(F)ccc21. The van der Waals surface area contributed by atoms with E-state index < -0.39 is 0 Å². The number of thioether (sulfide) groups is 1. The second kappa shape index (κ2) is 6.64. The molecule has 0 aliphatic heterocycles. The lowest BCUT2D eigenvalue weighted by atomic mass is 10.3. The van der Waals surface area contributed by atoms with Crippen molar-refractivity contribution < 1.29 is 4.39 Å². The molecule has 0 radical (unpaired) electrons. The van der Waals surface area contributed by atoms with Gasteiger partial charge >= 0.3 is 0 Å². The van der Waals surface area contributed by atoms with Gasteiger partial charge in [-0.05, 0) is 31.2 Å². The largest absolute Gasteiger partial charge is 0.328 e. The standard InChI is InChI=1S/C17H15FN6S/c1-2-24-14-7-6-11(18)9-13(14)20-15(24)10-25-17-21-16(22-23-17)12-5-3-4-8-19-12/h3-9H,2,10H2,1H3,(H,21,22,23). The fourth-order valence-corrected chi connectivity index (χ4v) is 3.42. The fraction of sp³-hybridized carbons (Fsp3) is 0.176. The van der Waals surface area contributed by atoms with Crippen molar-refractivity contribution in [2.75, 3.05) is 0 Å². The Kier molecular flexibility index (Phi) is 4.19. The minimum atomic E-state index is -0.276. The molecular formula is C17H15FN6S. The molecule has 0 unspecified atom stereocenters. The van der Waals surface area contributed by atoms with Crippen LogP contribution in [0.15, 0.2) is 47.8 Å². The average molecular weight is 354 g/mol. The molecule has 0 aliphatic carbocycles. The molecule has 0 fully saturated rings. The van der Waals surface area contributed by atoms with Crippen LogP contribution in [-0.4, -0.2) is 29.7 Å². The third-order valence-corrected chi connectivity index (χ3v) is 4.65. The first-order chi connectivity index (χ1) is 12.2. The number of halogens is 1. The van der Waals surface area contributed by atoms with Gasteiger partial charge in [-0.15, -0.1) is 5.10 Å². The topological polar surface area (TPSA) is 72.3 Å². The molecule has 0 bridgehead atoms. The first-order valence-electron chi connectivity index (χ1n) is 7.86. The molecule has 4 aromatic rings. The Bertz CT molecular complexity index is 1010. The van der Waals surface area contributed by atoms with E-state index in [0.29, 0.717) is 22.3 Å². The molecule has 0 atom stereocenters. The van der Waals surface area contributed by atoms with Crippen LogP contribution in [0.4, 0.5) is 4.39 Å². The Morgan fingerprint density at radius 3 is 2.92 bits per heavy atom. The number of aromatic nitrogens is 6. The van der Waals surface area contributed by atoms with Crippen LogP contribution in [0, 0.1) is 5.82 Å². The van der Waals surface area contributed by atoms with Crippen LogP contribution in [0.25, 0.3) is 22.6 Å². The molecule has 3 heterocycles. The van der Waals surface area contributed by atoms with Crippen LogP contribution in [0.3, 0.4) is 0 Å². The smallest absolute Gasteiger partial charge is 0.209 e. The van der Waals surface area contributed by atoms with E-state index in [2.05, 4.69) is 29.7 Å². The summed E-state index contributed by atoms with van der Waals surface area (Å²) >= 11 is 1.48. The molecule has 0 amide bonds. The van der Waals surface area contributed by atoms with Crippen LogP contribution in [0.1, 0.15) is 12.7 Å². The number of hydrogen-bond acceptors (Lipinski definition) is 5. The molecule has 0 aliphatic rings. The van der Waals surface area contributed by atoms with Gasteiger partial charge < -0.3 is 4.57 Å². The quantitative estimate of drug-likeness (QED) is 0.554. The van der Waals surface area contributed by atoms with Crippen molar-refractivity contribution in [3.63, 3.8) is 0 Å². The fourth-order valence-electron chi connectivity index (χ4n) is 2.67. The van der Waals surface area contributed by atoms with E-state index in [9.17, 15) is 4.39 Å². The second-order valence-corrected chi connectivity index (χ2v) is 6.32. The average Bonchev–Trinajstić information content (AvgIpc) is 3.24. The van der Waals surface area contributed by atoms with Gasteiger partial charge in [-0.1, -0.05) is 17.8 Å². The van der Waals surface area contributed by atoms with Crippen molar-refractivity contribution in [2.24, 2.45) is 0 Å². The van der Waals surface area contributed by atoms with E-state index in [1.54, 1.807) is 12.3 Å². The predicted molar refractivity (Wildman–Crippen MR) is 94.5 cm³/mol. The normalized spacial score (nSPS) is 11.3. The molecule has 126 valence electrons. The predicted octanol–water partition coefficient (Wildman–Crippen LogP) is 3.67. The van der Waals surface area contributed by atoms with Gasteiger partial charge in [0.05, 0.1) is 16.8 Å². The first kappa shape index (κ1) is 15.8. The number of aryl methyl sites for hydroxylation is 1. The lowest BCUT2D eigenvalue weighted by Crippen LogP contribution is -2.00. The number of pyridine rings is 1. The summed E-state index contributed by atoms with van der Waals surface area (Å²) in [6.07, 6.45) is 1.72. The summed E-state index contributed by atoms with van der Waals surface area (Å²) in [5.74, 6) is 1.83. The third-order valence-electron chi connectivity index (χ3n) is 3.81. The molecule has 25 heavy (non-hydrogen) atoms. The Morgan fingerprint density at radius 2 is 2.12 bits per heavy atom. The lowest BCUT2D eigenvalue weighted by molar-refractivity contribution is 0.629. The summed E-state index contributed by atoms with van der Waals surface area (Å²) in [5, 5.41) is 7.75. The molecule has 6 nitrogen and oxygen atoms in total. The molecular weight excluding hydrogens is 339 g/mol. The van der Waals surface area contributed by atoms with E-state index in [4.69, 9.17) is 0 Å². The van der Waals surface area contributed by atoms with Gasteiger partial charge in [0, 0.05) is 18.8 Å². The summed E-state index contributed by atoms with van der Waals surface area (Å²) in [4.78, 5) is 13.3. The summed E-state index contributed by atoms with van der Waals surface area (Å²) in [6.45, 7) is 2.82. The highest BCUT2D eigenvalue weighted by atomic mass is 32.2. The minimum absolute atomic E-state index is 0.276. The van der Waals surface area contributed by atoms with Crippen LogP contribution in [0.5, 0.6) is 0 Å². The first-order valence-corrected chi connectivity index (χ1v) is 8.84. The van der Waals surface area contributed by atoms with Crippen molar-refractivity contribution in [1.82, 2.24) is 29.7 Å². The highest BCUT2D eigenvalue weighted by molar-refractivity contribution is 7.98. The monoisotopic (exact) mass is 354 g/mol. The van der Waals surface area contributed by atoms with E-state index >= 15 is 0 Å². The van der Waals surface area contributed by atoms with Gasteiger partial charge in [0.25, 0.3) is 0 Å². The van der Waals surface area contributed by atoms with Gasteiger partial charge in [-0.25, -0.2) is 9.37 Å². The molecule has 0 saturated carbocycles. The van der Waals surface area contributed by atoms with E-state index in [0.717, 1.165) is 23.6 Å². The Labute approximate surface area is 147 Å². The number of benzene rings is 1. The van der Waals surface area contributed by atoms with Gasteiger partial charge in [0.1, 0.15) is 17.3 Å². The van der Waals surface area contributed by atoms with Crippen molar-refractivity contribution >= 4 is 22.8 Å².